The van der Waals surface area contributed by atoms with E-state index in [1.807, 2.05) is 30.3 Å². The van der Waals surface area contributed by atoms with E-state index in [2.05, 4.69) is 0 Å². The highest BCUT2D eigenvalue weighted by atomic mass is 32.1. The summed E-state index contributed by atoms with van der Waals surface area (Å²) in [5.74, 6) is -72.2. The SMILES string of the molecule is Fc1c(F)c(F)c([B-](c2c(F)c(F)c(F)c(F)c2F)(c2c(F)c(F)c(F)c(F)c2F)c2c(F)c(F)c(F)c(F)c2F)c(F)c1F.Fc1sc[n+](Cc2ccccc2)c1F. The first kappa shape index (κ1) is 44.4. The van der Waals surface area contributed by atoms with Gasteiger partial charge in [0.25, 0.3) is 5.13 Å². The molecule has 1 aromatic heterocycles. The van der Waals surface area contributed by atoms with E-state index in [0.717, 1.165) is 16.9 Å². The number of hydrogen-bond donors (Lipinski definition) is 0. The molecule has 0 aliphatic heterocycles. The average Bonchev–Trinajstić information content (AvgIpc) is 3.53. The molecule has 0 atom stereocenters. The molecule has 59 heavy (non-hydrogen) atoms. The van der Waals surface area contributed by atoms with Gasteiger partial charge in [-0.1, -0.05) is 30.3 Å². The molecule has 312 valence electrons. The van der Waals surface area contributed by atoms with Gasteiger partial charge in [-0.2, -0.15) is 8.96 Å². The highest BCUT2D eigenvalue weighted by Gasteiger charge is 2.52. The number of thiazole rings is 1. The standard InChI is InChI=1S/C24BF20.C10H8F2NS/c26-5-1(6(27)14(35)21(42)13(5)34)25(2-7(28)15(36)22(43)16(37)8(2)29,3-9(30)17(38)23(44)18(39)10(3)31)4-11(32)19(40)24(45)20(41)12(4)33;11-9-10(12)14-7-13(9)6-8-4-2-1-3-5-8/h;1-5,7H,6H2/q-1;+1. The summed E-state index contributed by atoms with van der Waals surface area (Å²) >= 11 is 0.772. The molecule has 0 aliphatic carbocycles. The molecule has 0 N–H and O–H groups in total. The van der Waals surface area contributed by atoms with Crippen LogP contribution < -0.4 is 26.4 Å². The van der Waals surface area contributed by atoms with E-state index in [-0.39, 0.29) is 0 Å². The smallest absolute Gasteiger partial charge is 0.207 e. The van der Waals surface area contributed by atoms with Gasteiger partial charge >= 0.3 is 5.95 Å². The van der Waals surface area contributed by atoms with Crippen LogP contribution in [-0.4, -0.2) is 6.15 Å². The highest BCUT2D eigenvalue weighted by molar-refractivity contribution is 7.20. The Morgan fingerprint density at radius 3 is 0.797 bits per heavy atom. The number of nitrogens with zero attached hydrogens (tertiary/aromatic N) is 1. The van der Waals surface area contributed by atoms with Gasteiger partial charge in [0.2, 0.25) is 5.51 Å². The fourth-order valence-electron chi connectivity index (χ4n) is 6.08. The Hall–Kier alpha value is -5.75. The van der Waals surface area contributed by atoms with Crippen LogP contribution in [-0.2, 0) is 6.54 Å². The maximum absolute atomic E-state index is 15.4. The lowest BCUT2D eigenvalue weighted by molar-refractivity contribution is -0.712. The van der Waals surface area contributed by atoms with Gasteiger partial charge in [0.1, 0.15) is 52.7 Å². The molecule has 0 amide bonds. The van der Waals surface area contributed by atoms with Crippen molar-refractivity contribution in [1.29, 1.82) is 0 Å². The fraction of sp³-hybridized carbons (Fsp3) is 0.0294. The van der Waals surface area contributed by atoms with Crippen LogP contribution in [0.5, 0.6) is 0 Å². The number of aromatic nitrogens is 1. The first-order chi connectivity index (χ1) is 27.5. The van der Waals surface area contributed by atoms with Crippen LogP contribution in [0.2, 0.25) is 0 Å². The second kappa shape index (κ2) is 16.1. The van der Waals surface area contributed by atoms with Crippen molar-refractivity contribution in [2.24, 2.45) is 0 Å². The summed E-state index contributed by atoms with van der Waals surface area (Å²) in [5.41, 5.74) is -11.9. The van der Waals surface area contributed by atoms with Crippen LogP contribution in [0.25, 0.3) is 0 Å². The monoisotopic (exact) mass is 891 g/mol. The maximum atomic E-state index is 15.4. The molecule has 5 aromatic carbocycles. The lowest BCUT2D eigenvalue weighted by Gasteiger charge is -2.44. The number of rotatable bonds is 6. The first-order valence-electron chi connectivity index (χ1n) is 15.1. The number of benzene rings is 5. The predicted molar refractivity (Wildman–Crippen MR) is 159 cm³/mol. The third-order valence-electron chi connectivity index (χ3n) is 8.60. The molecule has 25 heteroatoms. The zero-order chi connectivity index (χ0) is 44.3. The van der Waals surface area contributed by atoms with Crippen LogP contribution in [0.4, 0.5) is 96.6 Å². The van der Waals surface area contributed by atoms with Crippen molar-refractivity contribution in [3.63, 3.8) is 0 Å². The van der Waals surface area contributed by atoms with E-state index in [1.165, 1.54) is 10.1 Å². The zero-order valence-electron chi connectivity index (χ0n) is 27.4. The van der Waals surface area contributed by atoms with Gasteiger partial charge in [-0.3, -0.25) is 0 Å². The first-order valence-corrected chi connectivity index (χ1v) is 15.9. The number of hydrogen-bond acceptors (Lipinski definition) is 1. The lowest BCUT2D eigenvalue weighted by Crippen LogP contribution is -2.81. The third kappa shape index (κ3) is 6.81. The second-order valence-corrected chi connectivity index (χ2v) is 12.5. The summed E-state index contributed by atoms with van der Waals surface area (Å²) in [6.07, 6.45) is -7.22. The average molecular weight is 891 g/mol. The summed E-state index contributed by atoms with van der Waals surface area (Å²) in [6.45, 7) is 0.368. The predicted octanol–water partition coefficient (Wildman–Crippen LogP) is 8.21. The zero-order valence-corrected chi connectivity index (χ0v) is 28.2. The molecule has 0 spiro atoms. The normalized spacial score (nSPS) is 11.6. The van der Waals surface area contributed by atoms with Gasteiger partial charge in [-0.25, -0.2) is 87.8 Å². The second-order valence-electron chi connectivity index (χ2n) is 11.7. The Morgan fingerprint density at radius 2 is 0.576 bits per heavy atom. The molecule has 0 saturated carbocycles. The molecule has 6 aromatic rings. The van der Waals surface area contributed by atoms with E-state index in [1.54, 1.807) is 0 Å². The lowest BCUT2D eigenvalue weighted by atomic mass is 9.12. The largest absolute Gasteiger partial charge is 0.407 e. The molecule has 0 saturated heterocycles. The molecule has 0 aliphatic rings. The van der Waals surface area contributed by atoms with E-state index in [9.17, 15) is 61.5 Å². The summed E-state index contributed by atoms with van der Waals surface area (Å²) in [6, 6.07) is 9.38. The van der Waals surface area contributed by atoms with Gasteiger partial charge < -0.3 is 0 Å². The molecule has 0 fully saturated rings. The van der Waals surface area contributed by atoms with Crippen molar-refractivity contribution in [1.82, 2.24) is 0 Å². The van der Waals surface area contributed by atoms with Crippen molar-refractivity contribution in [2.45, 2.75) is 6.54 Å². The van der Waals surface area contributed by atoms with Crippen molar-refractivity contribution in [3.05, 3.63) is 169 Å². The fourth-order valence-corrected chi connectivity index (χ4v) is 6.68. The van der Waals surface area contributed by atoms with E-state index >= 15 is 35.1 Å². The molecule has 1 nitrogen and oxygen atoms in total. The molecule has 0 bridgehead atoms. The minimum absolute atomic E-state index is 0.368. The maximum Gasteiger partial charge on any atom is 0.407 e. The summed E-state index contributed by atoms with van der Waals surface area (Å²) in [7, 11) is 0. The van der Waals surface area contributed by atoms with Crippen LogP contribution in [0.3, 0.4) is 0 Å². The van der Waals surface area contributed by atoms with Crippen LogP contribution in [0.15, 0.2) is 35.8 Å². The van der Waals surface area contributed by atoms with Crippen molar-refractivity contribution < 1.29 is 101 Å². The van der Waals surface area contributed by atoms with Crippen LogP contribution >= 0.6 is 11.3 Å². The molecule has 0 radical (unpaired) electrons. The quantitative estimate of drug-likeness (QED) is 0.0523. The van der Waals surface area contributed by atoms with Crippen molar-refractivity contribution in [3.8, 4) is 0 Å². The van der Waals surface area contributed by atoms with E-state index in [0.29, 0.717) is 6.54 Å². The van der Waals surface area contributed by atoms with Crippen molar-refractivity contribution >= 4 is 39.3 Å². The molecule has 0 unspecified atom stereocenters. The van der Waals surface area contributed by atoms with E-state index < -0.39 is 155 Å². The number of halogens is 22. The van der Waals surface area contributed by atoms with Gasteiger partial charge in [-0.05, 0) is 11.3 Å². The van der Waals surface area contributed by atoms with Crippen molar-refractivity contribution in [2.75, 3.05) is 0 Å². The molecular formula is C34H8BF22NS. The minimum Gasteiger partial charge on any atom is -0.207 e. The van der Waals surface area contributed by atoms with Gasteiger partial charge in [-0.15, -0.1) is 26.2 Å². The topological polar surface area (TPSA) is 3.88 Å². The highest BCUT2D eigenvalue weighted by Crippen LogP contribution is 2.30. The minimum atomic E-state index is -7.22. The van der Waals surface area contributed by atoms with Gasteiger partial charge in [0, 0.05) is 5.56 Å². The Balaban J connectivity index is 0.000000395. The Labute approximate surface area is 315 Å². The van der Waals surface area contributed by atoms with Gasteiger partial charge in [0.05, 0.1) is 0 Å². The molecule has 6 rings (SSSR count). The van der Waals surface area contributed by atoms with E-state index in [4.69, 9.17) is 0 Å². The Morgan fingerprint density at radius 1 is 0.339 bits per heavy atom. The van der Waals surface area contributed by atoms with Gasteiger partial charge in [0.15, 0.2) is 76.4 Å². The third-order valence-corrected chi connectivity index (χ3v) is 9.34. The Bertz CT molecular complexity index is 2290. The van der Waals surface area contributed by atoms with Crippen LogP contribution in [0.1, 0.15) is 5.56 Å². The van der Waals surface area contributed by atoms with Crippen LogP contribution in [0, 0.1) is 127 Å². The molecule has 1 heterocycles. The summed E-state index contributed by atoms with van der Waals surface area (Å²) in [4.78, 5) is 0. The Kier molecular flexibility index (Phi) is 12.1. The molecular weight excluding hydrogens is 883 g/mol. The summed E-state index contributed by atoms with van der Waals surface area (Å²) < 4.78 is 321. The summed E-state index contributed by atoms with van der Waals surface area (Å²) in [5, 5.41) is -0.763.